The molecule has 0 fully saturated rings. The average molecular weight is 266 g/mol. The van der Waals surface area contributed by atoms with Gasteiger partial charge in [0.1, 0.15) is 0 Å². The van der Waals surface area contributed by atoms with Crippen LogP contribution >= 0.6 is 11.3 Å². The van der Waals surface area contributed by atoms with Gasteiger partial charge in [-0.15, -0.1) is 11.3 Å². The average Bonchev–Trinajstić information content (AvgIpc) is 3.04. The van der Waals surface area contributed by atoms with E-state index in [4.69, 9.17) is 9.52 Å². The SMILES string of the molecule is CCC(CCO)NCc1csc(-c2ccco2)n1. The Morgan fingerprint density at radius 3 is 3.11 bits per heavy atom. The Kier molecular flexibility index (Phi) is 4.92. The molecule has 0 aliphatic rings. The van der Waals surface area contributed by atoms with Gasteiger partial charge in [-0.3, -0.25) is 0 Å². The van der Waals surface area contributed by atoms with Gasteiger partial charge in [0.05, 0.1) is 12.0 Å². The highest BCUT2D eigenvalue weighted by molar-refractivity contribution is 7.13. The van der Waals surface area contributed by atoms with Crippen molar-refractivity contribution in [3.8, 4) is 10.8 Å². The maximum atomic E-state index is 8.93. The summed E-state index contributed by atoms with van der Waals surface area (Å²) in [5, 5.41) is 15.3. The third-order valence-corrected chi connectivity index (χ3v) is 3.73. The lowest BCUT2D eigenvalue weighted by atomic mass is 10.1. The molecule has 0 bridgehead atoms. The summed E-state index contributed by atoms with van der Waals surface area (Å²) in [6.45, 7) is 3.07. The van der Waals surface area contributed by atoms with Crippen molar-refractivity contribution in [3.63, 3.8) is 0 Å². The lowest BCUT2D eigenvalue weighted by Crippen LogP contribution is -2.28. The molecule has 0 aliphatic heterocycles. The van der Waals surface area contributed by atoms with Gasteiger partial charge < -0.3 is 14.8 Å². The topological polar surface area (TPSA) is 58.3 Å². The number of furan rings is 1. The predicted octanol–water partition coefficient (Wildman–Crippen LogP) is 2.65. The molecule has 0 radical (unpaired) electrons. The molecule has 0 aliphatic carbocycles. The van der Waals surface area contributed by atoms with Gasteiger partial charge in [0.15, 0.2) is 10.8 Å². The van der Waals surface area contributed by atoms with E-state index in [-0.39, 0.29) is 6.61 Å². The van der Waals surface area contributed by atoms with Crippen LogP contribution in [-0.2, 0) is 6.54 Å². The predicted molar refractivity (Wildman–Crippen MR) is 72.4 cm³/mol. The van der Waals surface area contributed by atoms with Crippen molar-refractivity contribution in [1.29, 1.82) is 0 Å². The van der Waals surface area contributed by atoms with Crippen molar-refractivity contribution in [2.24, 2.45) is 0 Å². The highest BCUT2D eigenvalue weighted by Crippen LogP contribution is 2.23. The Balaban J connectivity index is 1.91. The number of nitrogens with one attached hydrogen (secondary N) is 1. The summed E-state index contributed by atoms with van der Waals surface area (Å²) in [4.78, 5) is 4.52. The maximum Gasteiger partial charge on any atom is 0.162 e. The quantitative estimate of drug-likeness (QED) is 0.809. The van der Waals surface area contributed by atoms with Crippen LogP contribution in [-0.4, -0.2) is 22.7 Å². The largest absolute Gasteiger partial charge is 0.462 e. The van der Waals surface area contributed by atoms with E-state index in [2.05, 4.69) is 17.2 Å². The van der Waals surface area contributed by atoms with Gasteiger partial charge in [-0.2, -0.15) is 0 Å². The van der Waals surface area contributed by atoms with E-state index in [1.165, 1.54) is 0 Å². The number of aromatic nitrogens is 1. The summed E-state index contributed by atoms with van der Waals surface area (Å²) < 4.78 is 5.31. The molecule has 4 nitrogen and oxygen atoms in total. The molecule has 2 aromatic heterocycles. The highest BCUT2D eigenvalue weighted by Gasteiger charge is 2.09. The van der Waals surface area contributed by atoms with Gasteiger partial charge in [-0.25, -0.2) is 4.98 Å². The third-order valence-electron chi connectivity index (χ3n) is 2.83. The van der Waals surface area contributed by atoms with Crippen LogP contribution in [0.5, 0.6) is 0 Å². The van der Waals surface area contributed by atoms with Crippen LogP contribution in [0.25, 0.3) is 10.8 Å². The molecule has 0 saturated heterocycles. The molecule has 5 heteroatoms. The first-order valence-electron chi connectivity index (χ1n) is 6.16. The molecule has 2 aromatic rings. The van der Waals surface area contributed by atoms with Crippen LogP contribution in [0.1, 0.15) is 25.5 Å². The molecule has 0 spiro atoms. The fraction of sp³-hybridized carbons (Fsp3) is 0.462. The zero-order valence-corrected chi connectivity index (χ0v) is 11.2. The molecule has 2 heterocycles. The Hall–Kier alpha value is -1.17. The van der Waals surface area contributed by atoms with Gasteiger partial charge in [0.25, 0.3) is 0 Å². The van der Waals surface area contributed by atoms with Crippen molar-refractivity contribution >= 4 is 11.3 Å². The molecule has 2 rings (SSSR count). The van der Waals surface area contributed by atoms with Gasteiger partial charge in [0.2, 0.25) is 0 Å². The van der Waals surface area contributed by atoms with E-state index >= 15 is 0 Å². The van der Waals surface area contributed by atoms with Crippen molar-refractivity contribution < 1.29 is 9.52 Å². The van der Waals surface area contributed by atoms with E-state index in [9.17, 15) is 0 Å². The van der Waals surface area contributed by atoms with Gasteiger partial charge >= 0.3 is 0 Å². The monoisotopic (exact) mass is 266 g/mol. The Bertz CT molecular complexity index is 453. The van der Waals surface area contributed by atoms with E-state index in [0.29, 0.717) is 6.04 Å². The van der Waals surface area contributed by atoms with E-state index in [1.54, 1.807) is 17.6 Å². The van der Waals surface area contributed by atoms with E-state index in [0.717, 1.165) is 35.8 Å². The van der Waals surface area contributed by atoms with Gasteiger partial charge in [0, 0.05) is 24.6 Å². The molecule has 0 amide bonds. The van der Waals surface area contributed by atoms with E-state index < -0.39 is 0 Å². The fourth-order valence-electron chi connectivity index (χ4n) is 1.76. The minimum atomic E-state index is 0.222. The maximum absolute atomic E-state index is 8.93. The molecule has 1 unspecified atom stereocenters. The molecule has 98 valence electrons. The molecule has 0 aromatic carbocycles. The van der Waals surface area contributed by atoms with Crippen LogP contribution in [0.4, 0.5) is 0 Å². The molecule has 1 atom stereocenters. The van der Waals surface area contributed by atoms with Crippen LogP contribution in [0.2, 0.25) is 0 Å². The normalized spacial score (nSPS) is 12.8. The smallest absolute Gasteiger partial charge is 0.162 e. The van der Waals surface area contributed by atoms with Crippen molar-refractivity contribution in [2.45, 2.75) is 32.4 Å². The Labute approximate surface area is 111 Å². The lowest BCUT2D eigenvalue weighted by molar-refractivity contribution is 0.262. The summed E-state index contributed by atoms with van der Waals surface area (Å²) in [5.41, 5.74) is 1.02. The van der Waals surface area contributed by atoms with Crippen LogP contribution < -0.4 is 5.32 Å². The number of nitrogens with zero attached hydrogens (tertiary/aromatic N) is 1. The van der Waals surface area contributed by atoms with Gasteiger partial charge in [-0.05, 0) is 25.0 Å². The summed E-state index contributed by atoms with van der Waals surface area (Å²) in [6, 6.07) is 4.13. The van der Waals surface area contributed by atoms with Crippen molar-refractivity contribution in [2.75, 3.05) is 6.61 Å². The first-order valence-corrected chi connectivity index (χ1v) is 7.04. The Morgan fingerprint density at radius 1 is 1.56 bits per heavy atom. The summed E-state index contributed by atoms with van der Waals surface area (Å²) in [5.74, 6) is 0.814. The number of rotatable bonds is 7. The molecule has 2 N–H and O–H groups in total. The molecule has 0 saturated carbocycles. The highest BCUT2D eigenvalue weighted by atomic mass is 32.1. The fourth-order valence-corrected chi connectivity index (χ4v) is 2.54. The van der Waals surface area contributed by atoms with Crippen LogP contribution in [0, 0.1) is 0 Å². The third kappa shape index (κ3) is 3.41. The summed E-state index contributed by atoms with van der Waals surface area (Å²) in [6.07, 6.45) is 3.45. The van der Waals surface area contributed by atoms with Gasteiger partial charge in [-0.1, -0.05) is 6.92 Å². The first-order chi connectivity index (χ1) is 8.83. The first kappa shape index (κ1) is 13.3. The number of thiazole rings is 1. The van der Waals surface area contributed by atoms with E-state index in [1.807, 2.05) is 17.5 Å². The lowest BCUT2D eigenvalue weighted by Gasteiger charge is -2.14. The molecule has 18 heavy (non-hydrogen) atoms. The number of hydrogen-bond donors (Lipinski definition) is 2. The second kappa shape index (κ2) is 6.68. The minimum Gasteiger partial charge on any atom is -0.462 e. The van der Waals surface area contributed by atoms with Crippen LogP contribution in [0.3, 0.4) is 0 Å². The second-order valence-electron chi connectivity index (χ2n) is 4.12. The Morgan fingerprint density at radius 2 is 2.44 bits per heavy atom. The molecular weight excluding hydrogens is 248 g/mol. The summed E-state index contributed by atoms with van der Waals surface area (Å²) >= 11 is 1.59. The zero-order chi connectivity index (χ0) is 12.8. The number of aliphatic hydroxyl groups excluding tert-OH is 1. The second-order valence-corrected chi connectivity index (χ2v) is 4.98. The summed E-state index contributed by atoms with van der Waals surface area (Å²) in [7, 11) is 0. The van der Waals surface area contributed by atoms with Crippen molar-refractivity contribution in [3.05, 3.63) is 29.5 Å². The minimum absolute atomic E-state index is 0.222. The number of aliphatic hydroxyl groups is 1. The van der Waals surface area contributed by atoms with Crippen molar-refractivity contribution in [1.82, 2.24) is 10.3 Å². The van der Waals surface area contributed by atoms with Crippen LogP contribution in [0.15, 0.2) is 28.2 Å². The number of hydrogen-bond acceptors (Lipinski definition) is 5. The zero-order valence-electron chi connectivity index (χ0n) is 10.4. The molecular formula is C13H18N2O2S. The standard InChI is InChI=1S/C13H18N2O2S/c1-2-10(5-6-16)14-8-11-9-18-13(15-11)12-4-3-7-17-12/h3-4,7,9-10,14,16H,2,5-6,8H2,1H3.